The van der Waals surface area contributed by atoms with Crippen LogP contribution in [0.2, 0.25) is 0 Å². The molecule has 0 fully saturated rings. The molecule has 0 aliphatic heterocycles. The van der Waals surface area contributed by atoms with E-state index in [1.165, 1.54) is 6.07 Å². The molecule has 0 amide bonds. The molecule has 19 heavy (non-hydrogen) atoms. The van der Waals surface area contributed by atoms with E-state index in [1.807, 2.05) is 30.3 Å². The first kappa shape index (κ1) is 11.7. The van der Waals surface area contributed by atoms with Crippen LogP contribution in [0.5, 0.6) is 0 Å². The number of hydrogen-bond donors (Lipinski definition) is 1. The minimum absolute atomic E-state index is 0.249. The Kier molecular flexibility index (Phi) is 2.93. The van der Waals surface area contributed by atoms with E-state index in [1.54, 1.807) is 18.5 Å². The Morgan fingerprint density at radius 1 is 0.947 bits per heavy atom. The Balaban J connectivity index is 2.17. The van der Waals surface area contributed by atoms with Crippen LogP contribution in [0.4, 0.5) is 4.39 Å². The maximum atomic E-state index is 13.8. The number of benzene rings is 1. The summed E-state index contributed by atoms with van der Waals surface area (Å²) in [5.74, 6) is -0.393. The molecule has 1 atom stereocenters. The highest BCUT2D eigenvalue weighted by atomic mass is 19.1. The standard InChI is InChI=1S/C15H12FN3/c16-12-6-3-9-19-15(12)14(17)11-4-1-7-13-10(11)5-2-8-18-13/h1-9,14H,17H2. The molecule has 0 saturated heterocycles. The van der Waals surface area contributed by atoms with Gasteiger partial charge in [-0.15, -0.1) is 0 Å². The van der Waals surface area contributed by atoms with E-state index in [9.17, 15) is 4.39 Å². The molecule has 0 aliphatic rings. The zero-order valence-electron chi connectivity index (χ0n) is 10.1. The lowest BCUT2D eigenvalue weighted by atomic mass is 9.99. The first-order valence-corrected chi connectivity index (χ1v) is 5.97. The smallest absolute Gasteiger partial charge is 0.146 e. The van der Waals surface area contributed by atoms with Gasteiger partial charge in [0.2, 0.25) is 0 Å². The van der Waals surface area contributed by atoms with Crippen molar-refractivity contribution in [3.8, 4) is 0 Å². The van der Waals surface area contributed by atoms with Crippen molar-refractivity contribution in [1.82, 2.24) is 9.97 Å². The van der Waals surface area contributed by atoms with Gasteiger partial charge < -0.3 is 5.73 Å². The summed E-state index contributed by atoms with van der Waals surface area (Å²) in [6.07, 6.45) is 3.26. The van der Waals surface area contributed by atoms with E-state index in [0.29, 0.717) is 0 Å². The van der Waals surface area contributed by atoms with Crippen LogP contribution in [0, 0.1) is 5.82 Å². The van der Waals surface area contributed by atoms with E-state index in [2.05, 4.69) is 9.97 Å². The molecule has 3 nitrogen and oxygen atoms in total. The largest absolute Gasteiger partial charge is 0.319 e. The molecule has 2 heterocycles. The average molecular weight is 253 g/mol. The Hall–Kier alpha value is -2.33. The predicted octanol–water partition coefficient (Wildman–Crippen LogP) is 2.82. The number of pyridine rings is 2. The fraction of sp³-hybridized carbons (Fsp3) is 0.0667. The van der Waals surface area contributed by atoms with Crippen LogP contribution in [0.3, 0.4) is 0 Å². The maximum Gasteiger partial charge on any atom is 0.146 e. The van der Waals surface area contributed by atoms with Gasteiger partial charge in [-0.05, 0) is 29.8 Å². The first-order chi connectivity index (χ1) is 9.27. The topological polar surface area (TPSA) is 51.8 Å². The van der Waals surface area contributed by atoms with Crippen molar-refractivity contribution < 1.29 is 4.39 Å². The highest BCUT2D eigenvalue weighted by molar-refractivity contribution is 5.82. The molecule has 0 bridgehead atoms. The summed E-state index contributed by atoms with van der Waals surface area (Å²) in [5, 5.41) is 0.919. The Morgan fingerprint density at radius 3 is 2.58 bits per heavy atom. The lowest BCUT2D eigenvalue weighted by molar-refractivity contribution is 0.587. The second-order valence-electron chi connectivity index (χ2n) is 4.27. The van der Waals surface area contributed by atoms with Crippen molar-refractivity contribution in [2.75, 3.05) is 0 Å². The summed E-state index contributed by atoms with van der Waals surface area (Å²) in [6.45, 7) is 0. The van der Waals surface area contributed by atoms with Gasteiger partial charge in [0.1, 0.15) is 5.82 Å². The highest BCUT2D eigenvalue weighted by Crippen LogP contribution is 2.26. The van der Waals surface area contributed by atoms with Gasteiger partial charge in [-0.2, -0.15) is 0 Å². The minimum Gasteiger partial charge on any atom is -0.319 e. The van der Waals surface area contributed by atoms with Gasteiger partial charge in [0.15, 0.2) is 0 Å². The van der Waals surface area contributed by atoms with Crippen molar-refractivity contribution in [2.24, 2.45) is 5.73 Å². The average Bonchev–Trinajstić information content (AvgIpc) is 2.46. The lowest BCUT2D eigenvalue weighted by Gasteiger charge is -2.14. The zero-order chi connectivity index (χ0) is 13.2. The van der Waals surface area contributed by atoms with Crippen LogP contribution >= 0.6 is 0 Å². The molecule has 4 heteroatoms. The van der Waals surface area contributed by atoms with E-state index < -0.39 is 11.9 Å². The number of nitrogens with two attached hydrogens (primary N) is 1. The highest BCUT2D eigenvalue weighted by Gasteiger charge is 2.16. The molecule has 0 aliphatic carbocycles. The van der Waals surface area contributed by atoms with Crippen molar-refractivity contribution in [1.29, 1.82) is 0 Å². The van der Waals surface area contributed by atoms with Crippen LogP contribution in [0.15, 0.2) is 54.9 Å². The van der Waals surface area contributed by atoms with Crippen molar-refractivity contribution in [3.63, 3.8) is 0 Å². The maximum absolute atomic E-state index is 13.8. The van der Waals surface area contributed by atoms with Crippen LogP contribution < -0.4 is 5.73 Å². The number of fused-ring (bicyclic) bond motifs is 1. The second-order valence-corrected chi connectivity index (χ2v) is 4.27. The molecule has 1 aromatic carbocycles. The van der Waals surface area contributed by atoms with Gasteiger partial charge in [0, 0.05) is 17.8 Å². The van der Waals surface area contributed by atoms with Crippen molar-refractivity contribution >= 4 is 10.9 Å². The fourth-order valence-electron chi connectivity index (χ4n) is 2.17. The van der Waals surface area contributed by atoms with E-state index in [4.69, 9.17) is 5.73 Å². The van der Waals surface area contributed by atoms with Gasteiger partial charge in [-0.3, -0.25) is 9.97 Å². The molecule has 94 valence electrons. The second kappa shape index (κ2) is 4.74. The van der Waals surface area contributed by atoms with Crippen LogP contribution in [-0.2, 0) is 0 Å². The summed E-state index contributed by atoms with van der Waals surface area (Å²) in [5.41, 5.74) is 8.06. The molecule has 3 aromatic rings. The molecule has 0 spiro atoms. The number of rotatable bonds is 2. The molecule has 2 aromatic heterocycles. The zero-order valence-corrected chi connectivity index (χ0v) is 10.1. The summed E-state index contributed by atoms with van der Waals surface area (Å²) in [6, 6.07) is 11.7. The quantitative estimate of drug-likeness (QED) is 0.764. The molecule has 1 unspecified atom stereocenters. The molecular formula is C15H12FN3. The number of aromatic nitrogens is 2. The van der Waals surface area contributed by atoms with Gasteiger partial charge in [0.25, 0.3) is 0 Å². The summed E-state index contributed by atoms with van der Waals surface area (Å²) < 4.78 is 13.8. The van der Waals surface area contributed by atoms with Crippen molar-refractivity contribution in [2.45, 2.75) is 6.04 Å². The number of nitrogens with zero attached hydrogens (tertiary/aromatic N) is 2. The molecule has 2 N–H and O–H groups in total. The first-order valence-electron chi connectivity index (χ1n) is 5.97. The van der Waals surface area contributed by atoms with Crippen LogP contribution in [-0.4, -0.2) is 9.97 Å². The third-order valence-corrected chi connectivity index (χ3v) is 3.10. The van der Waals surface area contributed by atoms with Crippen LogP contribution in [0.25, 0.3) is 10.9 Å². The Morgan fingerprint density at radius 2 is 1.74 bits per heavy atom. The van der Waals surface area contributed by atoms with Crippen molar-refractivity contribution in [3.05, 3.63) is 71.9 Å². The van der Waals surface area contributed by atoms with Gasteiger partial charge >= 0.3 is 0 Å². The monoisotopic (exact) mass is 253 g/mol. The van der Waals surface area contributed by atoms with E-state index in [-0.39, 0.29) is 5.69 Å². The normalized spacial score (nSPS) is 12.5. The Labute approximate surface area is 109 Å². The number of halogens is 1. The molecule has 0 saturated carbocycles. The molecule has 0 radical (unpaired) electrons. The lowest BCUT2D eigenvalue weighted by Crippen LogP contribution is -2.15. The van der Waals surface area contributed by atoms with E-state index >= 15 is 0 Å². The summed E-state index contributed by atoms with van der Waals surface area (Å²) in [4.78, 5) is 8.31. The minimum atomic E-state index is -0.603. The van der Waals surface area contributed by atoms with Crippen LogP contribution in [0.1, 0.15) is 17.3 Å². The van der Waals surface area contributed by atoms with Gasteiger partial charge in [-0.25, -0.2) is 4.39 Å². The summed E-state index contributed by atoms with van der Waals surface area (Å²) >= 11 is 0. The molecule has 3 rings (SSSR count). The Bertz CT molecular complexity index is 722. The van der Waals surface area contributed by atoms with Gasteiger partial charge in [-0.1, -0.05) is 18.2 Å². The fourth-order valence-corrected chi connectivity index (χ4v) is 2.17. The molecular weight excluding hydrogens is 241 g/mol. The van der Waals surface area contributed by atoms with E-state index in [0.717, 1.165) is 16.5 Å². The summed E-state index contributed by atoms with van der Waals surface area (Å²) in [7, 11) is 0. The SMILES string of the molecule is NC(c1ncccc1F)c1cccc2ncccc12. The van der Waals surface area contributed by atoms with Gasteiger partial charge in [0.05, 0.1) is 17.3 Å². The third kappa shape index (κ3) is 2.06. The predicted molar refractivity (Wildman–Crippen MR) is 72.0 cm³/mol. The third-order valence-electron chi connectivity index (χ3n) is 3.10. The number of hydrogen-bond acceptors (Lipinski definition) is 3.